The highest BCUT2D eigenvalue weighted by atomic mass is 16.6. The Hall–Kier alpha value is -2.04. The molecule has 1 aliphatic rings. The first-order chi connectivity index (χ1) is 12.2. The number of nitrogens with zero attached hydrogens (tertiary/aromatic N) is 2. The number of hydrogen-bond donors (Lipinski definition) is 0. The number of aryl methyl sites for hydroxylation is 1. The van der Waals surface area contributed by atoms with Crippen molar-refractivity contribution < 1.29 is 14.3 Å². The molecule has 0 atom stereocenters. The summed E-state index contributed by atoms with van der Waals surface area (Å²) in [6.07, 6.45) is 2.12. The Morgan fingerprint density at radius 1 is 1.12 bits per heavy atom. The highest BCUT2D eigenvalue weighted by Crippen LogP contribution is 2.22. The van der Waals surface area contributed by atoms with E-state index < -0.39 is 5.60 Å². The van der Waals surface area contributed by atoms with E-state index in [9.17, 15) is 9.59 Å². The maximum Gasteiger partial charge on any atom is 0.410 e. The molecule has 26 heavy (non-hydrogen) atoms. The molecular formula is C21H32N2O3. The Morgan fingerprint density at radius 3 is 2.15 bits per heavy atom. The van der Waals surface area contributed by atoms with Gasteiger partial charge in [-0.25, -0.2) is 4.79 Å². The predicted octanol–water partition coefficient (Wildman–Crippen LogP) is 3.85. The molecule has 0 unspecified atom stereocenters. The maximum atomic E-state index is 12.7. The number of piperidine rings is 1. The zero-order valence-corrected chi connectivity index (χ0v) is 16.7. The molecule has 0 N–H and O–H groups in total. The first-order valence-electron chi connectivity index (χ1n) is 9.50. The molecule has 0 radical (unpaired) electrons. The number of amides is 2. The third kappa shape index (κ3) is 5.75. The second kappa shape index (κ2) is 8.56. The van der Waals surface area contributed by atoms with Crippen LogP contribution in [0.1, 0.15) is 51.7 Å². The number of ether oxygens (including phenoxy) is 1. The van der Waals surface area contributed by atoms with E-state index in [1.807, 2.05) is 27.8 Å². The van der Waals surface area contributed by atoms with Crippen molar-refractivity contribution in [1.29, 1.82) is 0 Å². The Kier molecular flexibility index (Phi) is 6.68. The zero-order valence-electron chi connectivity index (χ0n) is 16.7. The topological polar surface area (TPSA) is 49.9 Å². The number of rotatable bonds is 4. The molecule has 1 fully saturated rings. The van der Waals surface area contributed by atoms with Crippen molar-refractivity contribution in [3.05, 3.63) is 35.4 Å². The summed E-state index contributed by atoms with van der Waals surface area (Å²) in [5.74, 6) is 0.141. The average molecular weight is 360 g/mol. The van der Waals surface area contributed by atoms with Crippen molar-refractivity contribution in [2.75, 3.05) is 20.1 Å². The molecule has 2 rings (SSSR count). The summed E-state index contributed by atoms with van der Waals surface area (Å²) < 4.78 is 5.41. The van der Waals surface area contributed by atoms with E-state index in [1.165, 1.54) is 5.56 Å². The number of likely N-dealkylation sites (tertiary alicyclic amines) is 1. The van der Waals surface area contributed by atoms with E-state index >= 15 is 0 Å². The quantitative estimate of drug-likeness (QED) is 0.819. The molecule has 0 spiro atoms. The molecule has 1 saturated heterocycles. The van der Waals surface area contributed by atoms with Crippen molar-refractivity contribution in [2.24, 2.45) is 5.92 Å². The third-order valence-electron chi connectivity index (χ3n) is 4.72. The molecular weight excluding hydrogens is 328 g/mol. The van der Waals surface area contributed by atoms with Crippen molar-refractivity contribution in [1.82, 2.24) is 9.80 Å². The standard InChI is InChI=1S/C21H32N2O3/c1-6-16-7-9-17(10-8-16)15-22(5)19(24)18-11-13-23(14-12-18)20(25)26-21(2,3)4/h7-10,18H,6,11-15H2,1-5H3. The van der Waals surface area contributed by atoms with Crippen LogP contribution in [0.5, 0.6) is 0 Å². The van der Waals surface area contributed by atoms with Gasteiger partial charge in [0.05, 0.1) is 0 Å². The van der Waals surface area contributed by atoms with Crippen molar-refractivity contribution >= 4 is 12.0 Å². The predicted molar refractivity (Wildman–Crippen MR) is 103 cm³/mol. The fourth-order valence-corrected chi connectivity index (χ4v) is 3.18. The van der Waals surface area contributed by atoms with E-state index in [4.69, 9.17) is 4.74 Å². The molecule has 1 aliphatic heterocycles. The summed E-state index contributed by atoms with van der Waals surface area (Å²) in [7, 11) is 1.86. The summed E-state index contributed by atoms with van der Waals surface area (Å²) in [6, 6.07) is 8.42. The molecule has 144 valence electrons. The normalized spacial score (nSPS) is 15.7. The van der Waals surface area contributed by atoms with Crippen LogP contribution in [0.2, 0.25) is 0 Å². The first kappa shape index (κ1) is 20.3. The Labute approximate surface area is 157 Å². The van der Waals surface area contributed by atoms with Crippen LogP contribution in [0.3, 0.4) is 0 Å². The molecule has 0 aliphatic carbocycles. The van der Waals surface area contributed by atoms with Gasteiger partial charge in [-0.3, -0.25) is 4.79 Å². The average Bonchev–Trinajstić information content (AvgIpc) is 2.60. The second-order valence-electron chi connectivity index (χ2n) is 8.11. The van der Waals surface area contributed by atoms with E-state index in [0.29, 0.717) is 32.5 Å². The lowest BCUT2D eigenvalue weighted by Gasteiger charge is -2.34. The van der Waals surface area contributed by atoms with E-state index in [2.05, 4.69) is 31.2 Å². The van der Waals surface area contributed by atoms with Crippen LogP contribution >= 0.6 is 0 Å². The number of carbonyl (C=O) groups is 2. The number of carbonyl (C=O) groups excluding carboxylic acids is 2. The minimum atomic E-state index is -0.489. The summed E-state index contributed by atoms with van der Waals surface area (Å²) in [5, 5.41) is 0. The van der Waals surface area contributed by atoms with Gasteiger partial charge in [-0.15, -0.1) is 0 Å². The molecule has 0 saturated carbocycles. The summed E-state index contributed by atoms with van der Waals surface area (Å²) >= 11 is 0. The molecule has 0 bridgehead atoms. The van der Waals surface area contributed by atoms with Crippen LogP contribution in [0.15, 0.2) is 24.3 Å². The SMILES string of the molecule is CCc1ccc(CN(C)C(=O)C2CCN(C(=O)OC(C)(C)C)CC2)cc1. The summed E-state index contributed by atoms with van der Waals surface area (Å²) in [6.45, 7) is 9.49. The summed E-state index contributed by atoms with van der Waals surface area (Å²) in [5.41, 5.74) is 1.96. The van der Waals surface area contributed by atoms with Gasteiger partial charge in [-0.1, -0.05) is 31.2 Å². The van der Waals surface area contributed by atoms with Crippen LogP contribution in [0, 0.1) is 5.92 Å². The second-order valence-corrected chi connectivity index (χ2v) is 8.11. The van der Waals surface area contributed by atoms with E-state index in [0.717, 1.165) is 12.0 Å². The molecule has 1 heterocycles. The number of hydrogen-bond acceptors (Lipinski definition) is 3. The van der Waals surface area contributed by atoms with Gasteiger partial charge in [0.1, 0.15) is 5.60 Å². The smallest absolute Gasteiger partial charge is 0.410 e. The van der Waals surface area contributed by atoms with Crippen LogP contribution in [-0.4, -0.2) is 47.5 Å². The van der Waals surface area contributed by atoms with Crippen LogP contribution < -0.4 is 0 Å². The molecule has 5 nitrogen and oxygen atoms in total. The third-order valence-corrected chi connectivity index (χ3v) is 4.72. The molecule has 2 amide bonds. The number of benzene rings is 1. The molecule has 0 aromatic heterocycles. The highest BCUT2D eigenvalue weighted by Gasteiger charge is 2.31. The lowest BCUT2D eigenvalue weighted by molar-refractivity contribution is -0.136. The van der Waals surface area contributed by atoms with Crippen molar-refractivity contribution in [3.8, 4) is 0 Å². The Bertz CT molecular complexity index is 611. The largest absolute Gasteiger partial charge is 0.444 e. The van der Waals surface area contributed by atoms with Gasteiger partial charge in [-0.2, -0.15) is 0 Å². The molecule has 1 aromatic rings. The monoisotopic (exact) mass is 360 g/mol. The molecule has 1 aromatic carbocycles. The van der Waals surface area contributed by atoms with Crippen molar-refractivity contribution in [2.45, 2.75) is 59.1 Å². The fraction of sp³-hybridized carbons (Fsp3) is 0.619. The minimum absolute atomic E-state index is 0.0198. The lowest BCUT2D eigenvalue weighted by Crippen LogP contribution is -2.45. The summed E-state index contributed by atoms with van der Waals surface area (Å²) in [4.78, 5) is 28.4. The van der Waals surface area contributed by atoms with Gasteiger partial charge < -0.3 is 14.5 Å². The van der Waals surface area contributed by atoms with E-state index in [-0.39, 0.29) is 17.9 Å². The first-order valence-corrected chi connectivity index (χ1v) is 9.50. The van der Waals surface area contributed by atoms with Crippen molar-refractivity contribution in [3.63, 3.8) is 0 Å². The van der Waals surface area contributed by atoms with Crippen LogP contribution in [-0.2, 0) is 22.5 Å². The maximum absolute atomic E-state index is 12.7. The Morgan fingerprint density at radius 2 is 1.65 bits per heavy atom. The van der Waals surface area contributed by atoms with Crippen LogP contribution in [0.25, 0.3) is 0 Å². The lowest BCUT2D eigenvalue weighted by atomic mass is 9.95. The van der Waals surface area contributed by atoms with Gasteiger partial charge in [0.15, 0.2) is 0 Å². The van der Waals surface area contributed by atoms with Gasteiger partial charge in [0.25, 0.3) is 0 Å². The molecule has 5 heteroatoms. The van der Waals surface area contributed by atoms with Gasteiger partial charge in [0.2, 0.25) is 5.91 Å². The minimum Gasteiger partial charge on any atom is -0.444 e. The van der Waals surface area contributed by atoms with Gasteiger partial charge in [0, 0.05) is 32.6 Å². The van der Waals surface area contributed by atoms with Crippen LogP contribution in [0.4, 0.5) is 4.79 Å². The van der Waals surface area contributed by atoms with E-state index in [1.54, 1.807) is 9.80 Å². The highest BCUT2D eigenvalue weighted by molar-refractivity contribution is 5.79. The van der Waals surface area contributed by atoms with Gasteiger partial charge >= 0.3 is 6.09 Å². The fourth-order valence-electron chi connectivity index (χ4n) is 3.18. The Balaban J connectivity index is 1.84. The zero-order chi connectivity index (χ0) is 19.3. The van der Waals surface area contributed by atoms with Gasteiger partial charge in [-0.05, 0) is 51.2 Å².